The number of hydrogen-bond acceptors (Lipinski definition) is 7. The lowest BCUT2D eigenvalue weighted by molar-refractivity contribution is -0.144. The number of benzene rings is 2. The molecule has 1 aromatic heterocycles. The Morgan fingerprint density at radius 3 is 2.63 bits per heavy atom. The minimum atomic E-state index is -1.07. The molecule has 0 radical (unpaired) electrons. The van der Waals surface area contributed by atoms with Crippen molar-refractivity contribution in [3.8, 4) is 17.2 Å². The number of carboxylic acids is 1. The number of fused-ring (bicyclic) bond motifs is 4. The van der Waals surface area contributed by atoms with E-state index in [1.165, 1.54) is 54.6 Å². The monoisotopic (exact) mass is 755 g/mol. The highest BCUT2D eigenvalue weighted by atomic mass is 35.5. The Morgan fingerprint density at radius 1 is 1.09 bits per heavy atom. The van der Waals surface area contributed by atoms with Gasteiger partial charge in [-0.3, -0.25) is 4.98 Å². The summed E-state index contributed by atoms with van der Waals surface area (Å²) in [5.41, 5.74) is 4.63. The summed E-state index contributed by atoms with van der Waals surface area (Å²) in [6.07, 6.45) is 12.3. The molecule has 0 amide bonds. The summed E-state index contributed by atoms with van der Waals surface area (Å²) in [7, 11) is 0. The SMILES string of the molecule is CCC1CCN(CC2COc3cc4c(cc3OC2)C2(CCC(Nc3cccc(Cl)c3)(C(=O)O)CC2)[C@@H](C[C@@H](C)COc2ccnc3c2[C@H](C)CCC3)C4)C1. The molecule has 0 bridgehead atoms. The van der Waals surface area contributed by atoms with Crippen molar-refractivity contribution in [3.05, 3.63) is 76.1 Å². The van der Waals surface area contributed by atoms with Gasteiger partial charge in [-0.15, -0.1) is 0 Å². The Kier molecular flexibility index (Phi) is 10.8. The fourth-order valence-corrected chi connectivity index (χ4v) is 10.9. The quantitative estimate of drug-likeness (QED) is 0.200. The molecule has 8 rings (SSSR count). The number of nitrogens with one attached hydrogen (secondary N) is 1. The molecule has 1 saturated carbocycles. The Hall–Kier alpha value is -3.49. The summed E-state index contributed by atoms with van der Waals surface area (Å²) in [5, 5.41) is 14.7. The van der Waals surface area contributed by atoms with Gasteiger partial charge in [-0.2, -0.15) is 0 Å². The second-order valence-electron chi connectivity index (χ2n) is 17.5. The number of likely N-dealkylation sites (tertiary alicyclic amines) is 1. The Balaban J connectivity index is 1.03. The van der Waals surface area contributed by atoms with Crippen LogP contribution in [0.1, 0.15) is 107 Å². The number of aliphatic carboxylic acids is 1. The third kappa shape index (κ3) is 7.42. The summed E-state index contributed by atoms with van der Waals surface area (Å²) >= 11 is 6.32. The van der Waals surface area contributed by atoms with Gasteiger partial charge < -0.3 is 29.5 Å². The molecule has 1 spiro atoms. The van der Waals surface area contributed by atoms with Crippen molar-refractivity contribution in [1.82, 2.24) is 9.88 Å². The molecule has 54 heavy (non-hydrogen) atoms. The zero-order valence-corrected chi connectivity index (χ0v) is 33.1. The molecular weight excluding hydrogens is 698 g/mol. The van der Waals surface area contributed by atoms with Gasteiger partial charge in [0.1, 0.15) is 11.3 Å². The van der Waals surface area contributed by atoms with Crippen LogP contribution in [0.3, 0.4) is 0 Å². The predicted molar refractivity (Wildman–Crippen MR) is 213 cm³/mol. The minimum absolute atomic E-state index is 0.169. The van der Waals surface area contributed by atoms with Gasteiger partial charge in [0.05, 0.1) is 19.8 Å². The standard InChI is InChI=1S/C45H58ClN3O5/c1-4-31-12-18-49(24-31)25-32-27-53-40-21-33-20-34(19-29(2)26-52-39-11-17-47-38-10-5-7-30(3)42(38)39)44(37(33)23-41(40)54-28-32)13-15-45(16-14-44,43(50)51)48-36-9-6-8-35(46)22-36/h6,8-9,11,17,21-23,29-32,34,48H,4-5,7,10,12-16,18-20,24-28H2,1-3H3,(H,50,51)/t29-,30-,31?,32?,34+,44?,45?/m1/s1. The van der Waals surface area contributed by atoms with Crippen molar-refractivity contribution in [2.24, 2.45) is 23.7 Å². The van der Waals surface area contributed by atoms with Crippen LogP contribution in [-0.2, 0) is 23.1 Å². The van der Waals surface area contributed by atoms with Crippen molar-refractivity contribution < 1.29 is 24.1 Å². The summed E-state index contributed by atoms with van der Waals surface area (Å²) in [6.45, 7) is 12.2. The van der Waals surface area contributed by atoms with E-state index in [0.717, 1.165) is 74.0 Å². The summed E-state index contributed by atoms with van der Waals surface area (Å²) < 4.78 is 19.8. The van der Waals surface area contributed by atoms with Crippen LogP contribution in [0.15, 0.2) is 48.7 Å². The van der Waals surface area contributed by atoms with Gasteiger partial charge in [0, 0.05) is 47.2 Å². The van der Waals surface area contributed by atoms with Crippen LogP contribution in [-0.4, -0.2) is 66.0 Å². The number of ether oxygens (including phenoxy) is 3. The number of halogens is 1. The third-order valence-corrected chi connectivity index (χ3v) is 14.0. The molecule has 3 aliphatic carbocycles. The molecule has 5 aliphatic rings. The van der Waals surface area contributed by atoms with Gasteiger partial charge in [0.25, 0.3) is 0 Å². The van der Waals surface area contributed by atoms with Gasteiger partial charge in [0.15, 0.2) is 11.5 Å². The van der Waals surface area contributed by atoms with Gasteiger partial charge in [-0.25, -0.2) is 4.79 Å². The zero-order valence-electron chi connectivity index (χ0n) is 32.4. The van der Waals surface area contributed by atoms with Crippen LogP contribution in [0, 0.1) is 23.7 Å². The van der Waals surface area contributed by atoms with E-state index in [1.807, 2.05) is 36.5 Å². The smallest absolute Gasteiger partial charge is 0.329 e. The zero-order chi connectivity index (χ0) is 37.5. The molecule has 2 unspecified atom stereocenters. The minimum Gasteiger partial charge on any atom is -0.493 e. The maximum absolute atomic E-state index is 13.1. The van der Waals surface area contributed by atoms with Crippen LogP contribution >= 0.6 is 11.6 Å². The largest absolute Gasteiger partial charge is 0.493 e. The van der Waals surface area contributed by atoms with E-state index in [-0.39, 0.29) is 5.41 Å². The van der Waals surface area contributed by atoms with Gasteiger partial charge in [-0.1, -0.05) is 44.9 Å². The average molecular weight is 756 g/mol. The van der Waals surface area contributed by atoms with E-state index in [2.05, 4.69) is 43.1 Å². The van der Waals surface area contributed by atoms with Crippen LogP contribution in [0.2, 0.25) is 5.02 Å². The van der Waals surface area contributed by atoms with Crippen molar-refractivity contribution in [2.75, 3.05) is 44.8 Å². The molecule has 9 heteroatoms. The highest BCUT2D eigenvalue weighted by Crippen LogP contribution is 2.58. The van der Waals surface area contributed by atoms with E-state index in [1.54, 1.807) is 0 Å². The van der Waals surface area contributed by atoms with Crippen LogP contribution < -0.4 is 19.5 Å². The molecule has 3 aromatic rings. The molecule has 8 nitrogen and oxygen atoms in total. The molecule has 290 valence electrons. The number of hydrogen-bond donors (Lipinski definition) is 2. The Bertz CT molecular complexity index is 1820. The van der Waals surface area contributed by atoms with Crippen LogP contribution in [0.5, 0.6) is 17.2 Å². The average Bonchev–Trinajstić information content (AvgIpc) is 3.67. The number of carboxylic acid groups (broad SMARTS) is 1. The molecule has 2 aliphatic heterocycles. The molecular formula is C45H58ClN3O5. The summed E-state index contributed by atoms with van der Waals surface area (Å²) in [4.78, 5) is 20.4. The normalized spacial score (nSPS) is 29.6. The highest BCUT2D eigenvalue weighted by molar-refractivity contribution is 6.30. The first kappa shape index (κ1) is 37.4. The van der Waals surface area contributed by atoms with Crippen molar-refractivity contribution in [3.63, 3.8) is 0 Å². The fourth-order valence-electron chi connectivity index (χ4n) is 10.7. The van der Waals surface area contributed by atoms with Crippen molar-refractivity contribution >= 4 is 23.3 Å². The first-order valence-corrected chi connectivity index (χ1v) is 21.1. The Morgan fingerprint density at radius 2 is 1.89 bits per heavy atom. The molecule has 5 atom stereocenters. The maximum Gasteiger partial charge on any atom is 0.329 e. The molecule has 2 aromatic carbocycles. The number of rotatable bonds is 11. The molecule has 3 heterocycles. The molecule has 1 saturated heterocycles. The second kappa shape index (κ2) is 15.6. The van der Waals surface area contributed by atoms with Crippen molar-refractivity contribution in [2.45, 2.75) is 108 Å². The first-order chi connectivity index (χ1) is 26.1. The number of nitrogens with zero attached hydrogens (tertiary/aromatic N) is 2. The highest BCUT2D eigenvalue weighted by Gasteiger charge is 2.54. The fraction of sp³-hybridized carbons (Fsp3) is 0.600. The van der Waals surface area contributed by atoms with Gasteiger partial charge >= 0.3 is 5.97 Å². The van der Waals surface area contributed by atoms with Crippen molar-refractivity contribution in [1.29, 1.82) is 0 Å². The maximum atomic E-state index is 13.1. The number of pyridine rings is 1. The molecule has 2 N–H and O–H groups in total. The van der Waals surface area contributed by atoms with E-state index >= 15 is 0 Å². The van der Waals surface area contributed by atoms with Gasteiger partial charge in [0.2, 0.25) is 0 Å². The first-order valence-electron chi connectivity index (χ1n) is 20.7. The van der Waals surface area contributed by atoms with Gasteiger partial charge in [-0.05, 0) is 147 Å². The predicted octanol–water partition coefficient (Wildman–Crippen LogP) is 9.32. The topological polar surface area (TPSA) is 93.2 Å². The summed E-state index contributed by atoms with van der Waals surface area (Å²) in [5.74, 6) is 4.11. The summed E-state index contributed by atoms with van der Waals surface area (Å²) in [6, 6.07) is 14.0. The lowest BCUT2D eigenvalue weighted by Crippen LogP contribution is -2.53. The van der Waals surface area contributed by atoms with E-state index in [4.69, 9.17) is 30.8 Å². The van der Waals surface area contributed by atoms with E-state index in [0.29, 0.717) is 61.4 Å². The van der Waals surface area contributed by atoms with E-state index < -0.39 is 11.5 Å². The van der Waals surface area contributed by atoms with Crippen LogP contribution in [0.25, 0.3) is 0 Å². The lowest BCUT2D eigenvalue weighted by Gasteiger charge is -2.47. The number of carbonyl (C=O) groups is 1. The number of anilines is 1. The Labute approximate surface area is 326 Å². The van der Waals surface area contributed by atoms with Crippen LogP contribution in [0.4, 0.5) is 5.69 Å². The third-order valence-electron chi connectivity index (χ3n) is 13.8. The second-order valence-corrected chi connectivity index (χ2v) is 17.9. The van der Waals surface area contributed by atoms with E-state index in [9.17, 15) is 9.90 Å². The number of aryl methyl sites for hydroxylation is 1. The molecule has 2 fully saturated rings. The number of aromatic nitrogens is 1. The lowest BCUT2D eigenvalue weighted by atomic mass is 9.59.